The number of hydrogen-bond donors (Lipinski definition) is 5. The Balaban J connectivity index is 0. The molecular weight excluding hydrogens is 1130 g/mol. The predicted molar refractivity (Wildman–Crippen MR) is 337 cm³/mol. The fraction of sp³-hybridized carbons (Fsp3) is 0.667. The first-order chi connectivity index (χ1) is 38.7. The van der Waals surface area contributed by atoms with Gasteiger partial charge in [-0.05, 0) is 104 Å². The first kappa shape index (κ1) is 81.5. The Kier molecular flexibility index (Phi) is 51.4. The molecule has 3 aromatic carbocycles. The topological polar surface area (TPSA) is 213 Å². The van der Waals surface area contributed by atoms with Crippen LogP contribution in [0, 0.1) is 5.41 Å². The molecule has 0 aliphatic carbocycles. The summed E-state index contributed by atoms with van der Waals surface area (Å²) in [5.41, 5.74) is 3.02. The Morgan fingerprint density at radius 2 is 0.683 bits per heavy atom. The van der Waals surface area contributed by atoms with Crippen molar-refractivity contribution >= 4 is 30.4 Å². The van der Waals surface area contributed by atoms with Crippen LogP contribution < -0.4 is 0 Å². The molecule has 0 aliphatic heterocycles. The third kappa shape index (κ3) is 44.9. The van der Waals surface area contributed by atoms with Crippen molar-refractivity contribution in [1.29, 1.82) is 0 Å². The predicted octanol–water partition coefficient (Wildman–Crippen LogP) is 17.7. The number of rotatable bonds is 45. The van der Waals surface area contributed by atoms with E-state index in [2.05, 4.69) is 33.9 Å². The second kappa shape index (κ2) is 51.7. The molecule has 16 heteroatoms. The normalized spacial score (nSPS) is 12.5. The minimum absolute atomic E-state index is 0. The SMILES string of the molecule is C=CCOCC(CC)(CO)CC(O)C=C.CCCCCCCCCCCCc1ccc(S(=O)(=O)O)cc1.CCCCCCCCCCCCc1ccc(S(=O)(=O)O)cc1.CCCCCCCCCCCCc1ccc(S(=O)(=O)O)cc1.[Ti]. The largest absolute Gasteiger partial charge is 0.396 e. The van der Waals surface area contributed by atoms with Crippen molar-refractivity contribution in [2.24, 2.45) is 5.41 Å². The quantitative estimate of drug-likeness (QED) is 0.0155. The minimum Gasteiger partial charge on any atom is -0.396 e. The van der Waals surface area contributed by atoms with Crippen LogP contribution in [0.1, 0.15) is 250 Å². The second-order valence-electron chi connectivity index (χ2n) is 22.0. The number of unbranched alkanes of at least 4 members (excludes halogenated alkanes) is 27. The zero-order valence-electron chi connectivity index (χ0n) is 51.3. The van der Waals surface area contributed by atoms with E-state index in [-0.39, 0.29) is 48.4 Å². The van der Waals surface area contributed by atoms with E-state index < -0.39 is 36.5 Å². The maximum Gasteiger partial charge on any atom is 0.294 e. The molecule has 82 heavy (non-hydrogen) atoms. The van der Waals surface area contributed by atoms with E-state index in [9.17, 15) is 35.5 Å². The van der Waals surface area contributed by atoms with Crippen LogP contribution in [0.3, 0.4) is 0 Å². The van der Waals surface area contributed by atoms with E-state index in [0.29, 0.717) is 19.6 Å². The Labute approximate surface area is 515 Å². The third-order valence-corrected chi connectivity index (χ3v) is 17.4. The van der Waals surface area contributed by atoms with Gasteiger partial charge in [0.1, 0.15) is 0 Å². The Bertz CT molecular complexity index is 2080. The van der Waals surface area contributed by atoms with Gasteiger partial charge < -0.3 is 14.9 Å². The molecule has 0 fully saturated rings. The van der Waals surface area contributed by atoms with E-state index in [4.69, 9.17) is 18.4 Å². The number of aliphatic hydroxyl groups is 2. The van der Waals surface area contributed by atoms with Crippen LogP contribution in [0.25, 0.3) is 0 Å². The first-order valence-corrected chi connectivity index (χ1v) is 35.4. The van der Waals surface area contributed by atoms with Gasteiger partial charge in [-0.25, -0.2) is 0 Å². The van der Waals surface area contributed by atoms with Crippen molar-refractivity contribution < 1.29 is 75.6 Å². The molecule has 0 aromatic heterocycles. The van der Waals surface area contributed by atoms with Gasteiger partial charge in [0.2, 0.25) is 0 Å². The fourth-order valence-electron chi connectivity index (χ4n) is 9.35. The van der Waals surface area contributed by atoms with E-state index in [1.807, 2.05) is 6.92 Å². The monoisotopic (exact) mass is 1240 g/mol. The zero-order chi connectivity index (χ0) is 60.5. The number of benzene rings is 3. The molecule has 0 bridgehead atoms. The van der Waals surface area contributed by atoms with Gasteiger partial charge in [-0.1, -0.05) is 250 Å². The summed E-state index contributed by atoms with van der Waals surface area (Å²) >= 11 is 0. The summed E-state index contributed by atoms with van der Waals surface area (Å²) in [5.74, 6) is 0. The van der Waals surface area contributed by atoms with Gasteiger partial charge in [0, 0.05) is 27.1 Å². The minimum atomic E-state index is -4.06. The molecule has 0 radical (unpaired) electrons. The molecule has 0 amide bonds. The van der Waals surface area contributed by atoms with Gasteiger partial charge in [-0.3, -0.25) is 13.7 Å². The van der Waals surface area contributed by atoms with Crippen molar-refractivity contribution in [3.63, 3.8) is 0 Å². The molecule has 2 atom stereocenters. The van der Waals surface area contributed by atoms with Gasteiger partial charge in [0.15, 0.2) is 0 Å². The summed E-state index contributed by atoms with van der Waals surface area (Å²) in [6.45, 7) is 16.7. The summed E-state index contributed by atoms with van der Waals surface area (Å²) in [6, 6.07) is 19.6. The molecule has 0 spiro atoms. The third-order valence-electron chi connectivity index (χ3n) is 14.8. The van der Waals surface area contributed by atoms with Crippen molar-refractivity contribution in [2.45, 2.75) is 273 Å². The maximum absolute atomic E-state index is 10.9. The van der Waals surface area contributed by atoms with Gasteiger partial charge in [-0.2, -0.15) is 25.3 Å². The van der Waals surface area contributed by atoms with E-state index >= 15 is 0 Å². The molecule has 3 aromatic rings. The van der Waals surface area contributed by atoms with Crippen LogP contribution in [-0.4, -0.2) is 75.0 Å². The Morgan fingerprint density at radius 1 is 0.439 bits per heavy atom. The molecule has 2 unspecified atom stereocenters. The van der Waals surface area contributed by atoms with E-state index in [1.165, 1.54) is 216 Å². The van der Waals surface area contributed by atoms with Crippen LogP contribution >= 0.6 is 0 Å². The Morgan fingerprint density at radius 3 is 0.878 bits per heavy atom. The molecule has 5 N–H and O–H groups in total. The summed E-state index contributed by atoms with van der Waals surface area (Å²) in [7, 11) is -12.2. The van der Waals surface area contributed by atoms with Crippen molar-refractivity contribution in [1.82, 2.24) is 0 Å². The number of hydrogen-bond acceptors (Lipinski definition) is 9. The average Bonchev–Trinajstić information content (AvgIpc) is 3.51. The van der Waals surface area contributed by atoms with Crippen LogP contribution in [0.5, 0.6) is 0 Å². The standard InChI is InChI=1S/3C18H30O3S.C12H22O3.Ti/c3*1-2-3-4-5-6-7-8-9-10-11-12-17-13-15-18(16-14-17)22(19,20)21;1-4-7-15-10-12(6-3,9-13)8-11(14)5-2;/h3*13-16H,2-12H2,1H3,(H,19,20,21);4-5,11,13-14H,1-2,6-10H2,3H3;. The van der Waals surface area contributed by atoms with Crippen LogP contribution in [0.4, 0.5) is 0 Å². The molecule has 0 heterocycles. The van der Waals surface area contributed by atoms with Crippen molar-refractivity contribution in [2.75, 3.05) is 19.8 Å². The number of aliphatic hydroxyl groups excluding tert-OH is 2. The fourth-order valence-corrected chi connectivity index (χ4v) is 10.8. The summed E-state index contributed by atoms with van der Waals surface area (Å²) in [5, 5.41) is 18.9. The van der Waals surface area contributed by atoms with E-state index in [1.54, 1.807) is 42.5 Å². The zero-order valence-corrected chi connectivity index (χ0v) is 55.3. The van der Waals surface area contributed by atoms with Gasteiger partial charge in [-0.15, -0.1) is 13.2 Å². The van der Waals surface area contributed by atoms with Crippen molar-refractivity contribution in [3.05, 3.63) is 115 Å². The summed E-state index contributed by atoms with van der Waals surface area (Å²) in [6.07, 6.45) is 46.2. The molecule has 0 saturated heterocycles. The average molecular weight is 1240 g/mol. The van der Waals surface area contributed by atoms with Crippen LogP contribution in [0.15, 0.2) is 113 Å². The van der Waals surface area contributed by atoms with Crippen LogP contribution in [0.2, 0.25) is 0 Å². The maximum atomic E-state index is 10.9. The van der Waals surface area contributed by atoms with Crippen molar-refractivity contribution in [3.8, 4) is 0 Å². The summed E-state index contributed by atoms with van der Waals surface area (Å²) < 4.78 is 97.8. The van der Waals surface area contributed by atoms with Gasteiger partial charge >= 0.3 is 0 Å². The molecule has 0 saturated carbocycles. The van der Waals surface area contributed by atoms with Gasteiger partial charge in [0.05, 0.1) is 40.6 Å². The second-order valence-corrected chi connectivity index (χ2v) is 26.2. The molecule has 0 aliphatic rings. The number of ether oxygens (including phenoxy) is 1. The smallest absolute Gasteiger partial charge is 0.294 e. The van der Waals surface area contributed by atoms with E-state index in [0.717, 1.165) is 61.6 Å². The first-order valence-electron chi connectivity index (χ1n) is 31.0. The Hall–Kier alpha value is -2.54. The molecule has 12 nitrogen and oxygen atoms in total. The number of aryl methyl sites for hydroxylation is 3. The van der Waals surface area contributed by atoms with Gasteiger partial charge in [0.25, 0.3) is 30.4 Å². The molecule has 3 rings (SSSR count). The van der Waals surface area contributed by atoms with Crippen LogP contribution in [-0.2, 0) is 76.1 Å². The molecular formula is C66H112O12S3Ti. The summed E-state index contributed by atoms with van der Waals surface area (Å²) in [4.78, 5) is -0.0852. The molecule has 470 valence electrons.